The maximum Gasteiger partial charge on any atom is 0.328 e. The molecule has 0 bridgehead atoms. The average molecular weight is 337 g/mol. The van der Waals surface area contributed by atoms with E-state index in [0.717, 1.165) is 28.3 Å². The van der Waals surface area contributed by atoms with E-state index in [9.17, 15) is 4.79 Å². The summed E-state index contributed by atoms with van der Waals surface area (Å²) in [6.45, 7) is 5.41. The Hall–Kier alpha value is -1.80. The Kier molecular flexibility index (Phi) is 6.26. The van der Waals surface area contributed by atoms with Gasteiger partial charge >= 0.3 is 5.97 Å². The molecule has 0 aliphatic carbocycles. The van der Waals surface area contributed by atoms with Crippen molar-refractivity contribution in [3.63, 3.8) is 0 Å². The molecule has 0 heterocycles. The molecule has 5 heteroatoms. The van der Waals surface area contributed by atoms with Crippen LogP contribution in [0, 0.1) is 17.2 Å². The lowest BCUT2D eigenvalue weighted by Gasteiger charge is -2.24. The van der Waals surface area contributed by atoms with Gasteiger partial charge in [0.2, 0.25) is 0 Å². The Morgan fingerprint density at radius 1 is 1.60 bits per heavy atom. The molecule has 0 aliphatic heterocycles. The number of nitrogens with zero attached hydrogens (tertiary/aromatic N) is 2. The molecule has 0 spiro atoms. The first-order chi connectivity index (χ1) is 9.47. The number of carboxylic acid groups (broad SMARTS) is 1. The topological polar surface area (TPSA) is 64.3 Å². The molecule has 20 heavy (non-hydrogen) atoms. The highest BCUT2D eigenvalue weighted by molar-refractivity contribution is 9.10. The maximum absolute atomic E-state index is 10.5. The van der Waals surface area contributed by atoms with Gasteiger partial charge in [0, 0.05) is 29.3 Å². The monoisotopic (exact) mass is 336 g/mol. The average Bonchev–Trinajstić information content (AvgIpc) is 2.42. The van der Waals surface area contributed by atoms with Crippen LogP contribution >= 0.6 is 15.9 Å². The Balaban J connectivity index is 2.95. The van der Waals surface area contributed by atoms with E-state index in [-0.39, 0.29) is 5.92 Å². The van der Waals surface area contributed by atoms with E-state index in [2.05, 4.69) is 26.9 Å². The van der Waals surface area contributed by atoms with Crippen LogP contribution in [-0.4, -0.2) is 24.2 Å². The van der Waals surface area contributed by atoms with E-state index in [0.29, 0.717) is 6.54 Å². The van der Waals surface area contributed by atoms with Crippen molar-refractivity contribution < 1.29 is 9.90 Å². The van der Waals surface area contributed by atoms with Crippen molar-refractivity contribution in [2.24, 2.45) is 5.92 Å². The highest BCUT2D eigenvalue weighted by Gasteiger charge is 2.10. The summed E-state index contributed by atoms with van der Waals surface area (Å²) in [6, 6.07) is 7.96. The number of aliphatic carboxylic acids is 1. The van der Waals surface area contributed by atoms with Crippen LogP contribution in [0.2, 0.25) is 0 Å². The summed E-state index contributed by atoms with van der Waals surface area (Å²) in [7, 11) is 0. The number of benzene rings is 1. The molecule has 1 N–H and O–H groups in total. The summed E-state index contributed by atoms with van der Waals surface area (Å²) in [5, 5.41) is 17.5. The third kappa shape index (κ3) is 4.71. The molecule has 1 unspecified atom stereocenters. The number of hydrogen-bond donors (Lipinski definition) is 1. The number of halogens is 1. The van der Waals surface area contributed by atoms with Crippen LogP contribution in [0.4, 0.5) is 5.69 Å². The number of carboxylic acids is 1. The van der Waals surface area contributed by atoms with Crippen molar-refractivity contribution in [2.45, 2.75) is 13.8 Å². The first-order valence-corrected chi connectivity index (χ1v) is 7.12. The van der Waals surface area contributed by atoms with E-state index < -0.39 is 5.97 Å². The molecule has 1 aromatic carbocycles. The first-order valence-electron chi connectivity index (χ1n) is 6.33. The molecule has 1 rings (SSSR count). The molecule has 0 saturated carbocycles. The predicted octanol–water partition coefficient (Wildman–Crippen LogP) is 3.53. The van der Waals surface area contributed by atoms with E-state index in [1.807, 2.05) is 32.0 Å². The Morgan fingerprint density at radius 2 is 2.30 bits per heavy atom. The second-order valence-corrected chi connectivity index (χ2v) is 5.30. The highest BCUT2D eigenvalue weighted by atomic mass is 79.9. The van der Waals surface area contributed by atoms with Crippen LogP contribution in [0.15, 0.2) is 28.7 Å². The van der Waals surface area contributed by atoms with Crippen molar-refractivity contribution in [3.05, 3.63) is 34.3 Å². The Morgan fingerprint density at radius 3 is 2.80 bits per heavy atom. The van der Waals surface area contributed by atoms with Gasteiger partial charge in [-0.3, -0.25) is 0 Å². The van der Waals surface area contributed by atoms with Crippen LogP contribution in [0.5, 0.6) is 0 Å². The lowest BCUT2D eigenvalue weighted by Crippen LogP contribution is -2.27. The van der Waals surface area contributed by atoms with Gasteiger partial charge in [0.25, 0.3) is 0 Å². The lowest BCUT2D eigenvalue weighted by molar-refractivity contribution is -0.131. The molecule has 0 aliphatic rings. The van der Waals surface area contributed by atoms with Gasteiger partial charge in [-0.25, -0.2) is 4.79 Å². The van der Waals surface area contributed by atoms with Crippen molar-refractivity contribution in [2.75, 3.05) is 18.0 Å². The lowest BCUT2D eigenvalue weighted by atomic mass is 10.1. The fourth-order valence-corrected chi connectivity index (χ4v) is 2.30. The molecule has 0 aromatic heterocycles. The minimum atomic E-state index is -0.973. The third-order valence-corrected chi connectivity index (χ3v) is 3.54. The standard InChI is InChI=1S/C15H17BrN2O2/c1-3-18(10-11(2)9-17)13-6-4-12(14(16)8-13)5-7-15(19)20/h4-8,11H,3,10H2,1-2H3,(H,19,20)/b7-5+. The van der Waals surface area contributed by atoms with E-state index in [1.165, 1.54) is 0 Å². The zero-order valence-corrected chi connectivity index (χ0v) is 13.1. The van der Waals surface area contributed by atoms with Gasteiger partial charge < -0.3 is 10.0 Å². The molecular weight excluding hydrogens is 320 g/mol. The number of carbonyl (C=O) groups is 1. The van der Waals surface area contributed by atoms with Crippen LogP contribution in [0.3, 0.4) is 0 Å². The van der Waals surface area contributed by atoms with Crippen LogP contribution in [-0.2, 0) is 4.79 Å². The summed E-state index contributed by atoms with van der Waals surface area (Å²) in [4.78, 5) is 12.6. The summed E-state index contributed by atoms with van der Waals surface area (Å²) in [5.74, 6) is -1.01. The van der Waals surface area contributed by atoms with E-state index in [1.54, 1.807) is 6.08 Å². The van der Waals surface area contributed by atoms with Gasteiger partial charge in [-0.1, -0.05) is 22.0 Å². The number of rotatable bonds is 6. The van der Waals surface area contributed by atoms with Crippen molar-refractivity contribution in [1.29, 1.82) is 5.26 Å². The van der Waals surface area contributed by atoms with Gasteiger partial charge in [-0.05, 0) is 37.6 Å². The smallest absolute Gasteiger partial charge is 0.328 e. The predicted molar refractivity (Wildman–Crippen MR) is 83.5 cm³/mol. The molecule has 1 atom stereocenters. The van der Waals surface area contributed by atoms with E-state index in [4.69, 9.17) is 10.4 Å². The van der Waals surface area contributed by atoms with Gasteiger partial charge in [0.15, 0.2) is 0 Å². The quantitative estimate of drug-likeness (QED) is 0.807. The molecule has 0 fully saturated rings. The van der Waals surface area contributed by atoms with Gasteiger partial charge in [0.05, 0.1) is 12.0 Å². The number of hydrogen-bond acceptors (Lipinski definition) is 3. The third-order valence-electron chi connectivity index (χ3n) is 2.85. The summed E-state index contributed by atoms with van der Waals surface area (Å²) in [6.07, 6.45) is 2.65. The fraction of sp³-hybridized carbons (Fsp3) is 0.333. The fourth-order valence-electron chi connectivity index (χ4n) is 1.80. The summed E-state index contributed by atoms with van der Waals surface area (Å²) < 4.78 is 0.829. The molecule has 0 radical (unpaired) electrons. The van der Waals surface area contributed by atoms with Crippen molar-refractivity contribution in [3.8, 4) is 6.07 Å². The molecule has 0 amide bonds. The number of anilines is 1. The highest BCUT2D eigenvalue weighted by Crippen LogP contribution is 2.25. The molecule has 4 nitrogen and oxygen atoms in total. The van der Waals surface area contributed by atoms with Gasteiger partial charge in [0.1, 0.15) is 0 Å². The molecule has 106 valence electrons. The summed E-state index contributed by atoms with van der Waals surface area (Å²) in [5.41, 5.74) is 1.81. The maximum atomic E-state index is 10.5. The van der Waals surface area contributed by atoms with Crippen LogP contribution in [0.25, 0.3) is 6.08 Å². The second kappa shape index (κ2) is 7.71. The van der Waals surface area contributed by atoms with E-state index >= 15 is 0 Å². The van der Waals surface area contributed by atoms with Crippen LogP contribution < -0.4 is 4.90 Å². The van der Waals surface area contributed by atoms with Crippen LogP contribution in [0.1, 0.15) is 19.4 Å². The molecule has 0 saturated heterocycles. The second-order valence-electron chi connectivity index (χ2n) is 4.45. The normalized spacial score (nSPS) is 12.1. The largest absolute Gasteiger partial charge is 0.478 e. The Bertz CT molecular complexity index is 549. The zero-order chi connectivity index (χ0) is 15.1. The Labute approximate surface area is 127 Å². The molecule has 1 aromatic rings. The minimum Gasteiger partial charge on any atom is -0.478 e. The van der Waals surface area contributed by atoms with Gasteiger partial charge in [-0.15, -0.1) is 0 Å². The van der Waals surface area contributed by atoms with Crippen molar-refractivity contribution >= 4 is 33.7 Å². The summed E-state index contributed by atoms with van der Waals surface area (Å²) >= 11 is 3.44. The van der Waals surface area contributed by atoms with Crippen molar-refractivity contribution in [1.82, 2.24) is 0 Å². The van der Waals surface area contributed by atoms with Gasteiger partial charge in [-0.2, -0.15) is 5.26 Å². The first kappa shape index (κ1) is 16.3. The minimum absolute atomic E-state index is 0.0414. The SMILES string of the molecule is CCN(CC(C)C#N)c1ccc(/C=C/C(=O)O)c(Br)c1. The molecular formula is C15H17BrN2O2. The number of nitriles is 1. The zero-order valence-electron chi connectivity index (χ0n) is 11.5.